The van der Waals surface area contributed by atoms with Crippen LogP contribution in [0.1, 0.15) is 17.2 Å². The summed E-state index contributed by atoms with van der Waals surface area (Å²) in [5.41, 5.74) is 6.39. The summed E-state index contributed by atoms with van der Waals surface area (Å²) in [4.78, 5) is 7.27. The number of piperazine rings is 1. The van der Waals surface area contributed by atoms with Crippen LogP contribution in [0.5, 0.6) is 0 Å². The smallest absolute Gasteiger partial charge is 0.215 e. The van der Waals surface area contributed by atoms with Crippen molar-refractivity contribution in [2.24, 2.45) is 10.1 Å². The summed E-state index contributed by atoms with van der Waals surface area (Å²) >= 11 is 0. The number of hydrogen-bond acceptors (Lipinski definition) is 5. The van der Waals surface area contributed by atoms with Crippen molar-refractivity contribution in [3.63, 3.8) is 0 Å². The molecule has 122 valence electrons. The van der Waals surface area contributed by atoms with E-state index < -0.39 is 0 Å². The van der Waals surface area contributed by atoms with E-state index in [0.29, 0.717) is 0 Å². The second-order valence-electron chi connectivity index (χ2n) is 5.98. The molecule has 24 heavy (non-hydrogen) atoms. The molecule has 0 aliphatic carbocycles. The van der Waals surface area contributed by atoms with E-state index in [2.05, 4.69) is 57.1 Å². The number of nitrogens with one attached hydrogen (secondary N) is 2. The quantitative estimate of drug-likeness (QED) is 0.890. The summed E-state index contributed by atoms with van der Waals surface area (Å²) in [6.07, 6.45) is 0. The molecule has 0 radical (unpaired) electrons. The maximum Gasteiger partial charge on any atom is 0.215 e. The van der Waals surface area contributed by atoms with Crippen LogP contribution in [0.4, 0.5) is 0 Å². The topological polar surface area (TPSA) is 52.0 Å². The van der Waals surface area contributed by atoms with Gasteiger partial charge in [0.15, 0.2) is 0 Å². The predicted octanol–water partition coefficient (Wildman–Crippen LogP) is 2.00. The van der Waals surface area contributed by atoms with E-state index in [9.17, 15) is 0 Å². The highest BCUT2D eigenvalue weighted by molar-refractivity contribution is 6.07. The zero-order valence-corrected chi connectivity index (χ0v) is 13.5. The van der Waals surface area contributed by atoms with Crippen LogP contribution in [-0.4, -0.2) is 42.8 Å². The van der Waals surface area contributed by atoms with Gasteiger partial charge in [0.1, 0.15) is 6.04 Å². The molecule has 0 saturated carbocycles. The third kappa shape index (κ3) is 3.03. The molecule has 5 nitrogen and oxygen atoms in total. The van der Waals surface area contributed by atoms with Gasteiger partial charge in [-0.25, -0.2) is 10.4 Å². The van der Waals surface area contributed by atoms with E-state index in [1.165, 1.54) is 0 Å². The molecule has 2 aliphatic rings. The molecule has 0 amide bonds. The Hall–Kier alpha value is -2.66. The summed E-state index contributed by atoms with van der Waals surface area (Å²) in [5.74, 6) is 0.866. The van der Waals surface area contributed by atoms with E-state index in [-0.39, 0.29) is 6.04 Å². The summed E-state index contributed by atoms with van der Waals surface area (Å²) in [6.45, 7) is 3.85. The maximum atomic E-state index is 5.01. The fourth-order valence-corrected chi connectivity index (χ4v) is 3.11. The highest BCUT2D eigenvalue weighted by Gasteiger charge is 2.26. The maximum absolute atomic E-state index is 5.01. The van der Waals surface area contributed by atoms with Crippen molar-refractivity contribution >= 4 is 11.7 Å². The normalized spacial score (nSPS) is 20.8. The van der Waals surface area contributed by atoms with Gasteiger partial charge in [0.2, 0.25) is 5.96 Å². The van der Waals surface area contributed by atoms with E-state index in [4.69, 9.17) is 4.99 Å². The van der Waals surface area contributed by atoms with Gasteiger partial charge < -0.3 is 10.2 Å². The Morgan fingerprint density at radius 2 is 1.54 bits per heavy atom. The van der Waals surface area contributed by atoms with Crippen LogP contribution < -0.4 is 10.7 Å². The molecule has 2 aliphatic heterocycles. The SMILES string of the molecule is c1ccc(C2=NNC(N3CCNCC3)=NC2c2ccccc2)cc1. The Labute approximate surface area is 142 Å². The number of aliphatic imine (C=N–C) groups is 1. The fourth-order valence-electron chi connectivity index (χ4n) is 3.11. The number of hydrazone groups is 1. The third-order valence-electron chi connectivity index (χ3n) is 4.39. The van der Waals surface area contributed by atoms with Gasteiger partial charge in [-0.15, -0.1) is 0 Å². The molecule has 2 aromatic rings. The molecule has 4 rings (SSSR count). The van der Waals surface area contributed by atoms with Crippen LogP contribution in [0.2, 0.25) is 0 Å². The monoisotopic (exact) mass is 319 g/mol. The van der Waals surface area contributed by atoms with Crippen LogP contribution in [0.15, 0.2) is 70.8 Å². The minimum atomic E-state index is -0.0836. The number of guanidine groups is 1. The lowest BCUT2D eigenvalue weighted by molar-refractivity contribution is 0.344. The van der Waals surface area contributed by atoms with Gasteiger partial charge in [-0.1, -0.05) is 60.7 Å². The Bertz CT molecular complexity index is 733. The van der Waals surface area contributed by atoms with Crippen molar-refractivity contribution in [2.45, 2.75) is 6.04 Å². The lowest BCUT2D eigenvalue weighted by atomic mass is 9.97. The molecule has 0 bridgehead atoms. The van der Waals surface area contributed by atoms with Gasteiger partial charge in [0, 0.05) is 31.7 Å². The molecule has 1 fully saturated rings. The van der Waals surface area contributed by atoms with Crippen LogP contribution in [-0.2, 0) is 0 Å². The largest absolute Gasteiger partial charge is 0.339 e. The molecule has 1 atom stereocenters. The van der Waals surface area contributed by atoms with Crippen molar-refractivity contribution in [3.8, 4) is 0 Å². The van der Waals surface area contributed by atoms with Gasteiger partial charge >= 0.3 is 0 Å². The first kappa shape index (κ1) is 14.9. The van der Waals surface area contributed by atoms with Crippen LogP contribution in [0.3, 0.4) is 0 Å². The van der Waals surface area contributed by atoms with Crippen LogP contribution in [0, 0.1) is 0 Å². The molecular weight excluding hydrogens is 298 g/mol. The van der Waals surface area contributed by atoms with Crippen molar-refractivity contribution in [3.05, 3.63) is 71.8 Å². The lowest BCUT2D eigenvalue weighted by Gasteiger charge is -2.33. The van der Waals surface area contributed by atoms with Crippen molar-refractivity contribution < 1.29 is 0 Å². The number of nitrogens with zero attached hydrogens (tertiary/aromatic N) is 3. The zero-order chi connectivity index (χ0) is 16.2. The molecule has 0 spiro atoms. The Morgan fingerprint density at radius 1 is 0.875 bits per heavy atom. The summed E-state index contributed by atoms with van der Waals surface area (Å²) in [7, 11) is 0. The second kappa shape index (κ2) is 6.84. The lowest BCUT2D eigenvalue weighted by Crippen LogP contribution is -2.51. The summed E-state index contributed by atoms with van der Waals surface area (Å²) in [5, 5.41) is 8.06. The van der Waals surface area contributed by atoms with Crippen molar-refractivity contribution in [1.82, 2.24) is 15.6 Å². The molecule has 1 saturated heterocycles. The first-order valence-electron chi connectivity index (χ1n) is 8.39. The first-order valence-corrected chi connectivity index (χ1v) is 8.39. The summed E-state index contributed by atoms with van der Waals surface area (Å²) in [6, 6.07) is 20.6. The summed E-state index contributed by atoms with van der Waals surface area (Å²) < 4.78 is 0. The number of rotatable bonds is 2. The third-order valence-corrected chi connectivity index (χ3v) is 4.39. The van der Waals surface area contributed by atoms with Crippen molar-refractivity contribution in [2.75, 3.05) is 26.2 Å². The van der Waals surface area contributed by atoms with Gasteiger partial charge in [-0.3, -0.25) is 0 Å². The standard InChI is InChI=1S/C19H21N5/c1-3-7-15(8-4-1)17-18(16-9-5-2-6-10-16)22-23-19(21-17)24-13-11-20-12-14-24/h1-10,17,20H,11-14H2,(H,21,23). The average molecular weight is 319 g/mol. The first-order chi connectivity index (χ1) is 11.9. The number of benzene rings is 2. The molecule has 2 aromatic carbocycles. The van der Waals surface area contributed by atoms with E-state index in [1.807, 2.05) is 24.3 Å². The molecule has 2 heterocycles. The molecular formula is C19H21N5. The Morgan fingerprint density at radius 3 is 2.25 bits per heavy atom. The highest BCUT2D eigenvalue weighted by atomic mass is 15.5. The van der Waals surface area contributed by atoms with Crippen LogP contribution >= 0.6 is 0 Å². The van der Waals surface area contributed by atoms with Gasteiger partial charge in [-0.2, -0.15) is 5.10 Å². The molecule has 1 unspecified atom stereocenters. The average Bonchev–Trinajstić information content (AvgIpc) is 2.69. The Balaban J connectivity index is 1.69. The van der Waals surface area contributed by atoms with Crippen molar-refractivity contribution in [1.29, 1.82) is 0 Å². The van der Waals surface area contributed by atoms with Gasteiger partial charge in [0.25, 0.3) is 0 Å². The number of hydrogen-bond donors (Lipinski definition) is 2. The predicted molar refractivity (Wildman–Crippen MR) is 97.2 cm³/mol. The van der Waals surface area contributed by atoms with Gasteiger partial charge in [-0.05, 0) is 5.56 Å². The minimum absolute atomic E-state index is 0.0836. The van der Waals surface area contributed by atoms with E-state index in [0.717, 1.165) is 49.0 Å². The second-order valence-corrected chi connectivity index (χ2v) is 5.98. The Kier molecular flexibility index (Phi) is 4.25. The van der Waals surface area contributed by atoms with Gasteiger partial charge in [0.05, 0.1) is 5.71 Å². The zero-order valence-electron chi connectivity index (χ0n) is 13.5. The molecule has 0 aromatic heterocycles. The fraction of sp³-hybridized carbons (Fsp3) is 0.263. The van der Waals surface area contributed by atoms with E-state index in [1.54, 1.807) is 0 Å². The molecule has 5 heteroatoms. The minimum Gasteiger partial charge on any atom is -0.339 e. The highest BCUT2D eigenvalue weighted by Crippen LogP contribution is 2.25. The van der Waals surface area contributed by atoms with E-state index >= 15 is 0 Å². The molecule has 2 N–H and O–H groups in total. The van der Waals surface area contributed by atoms with Crippen LogP contribution in [0.25, 0.3) is 0 Å².